The molecule has 0 aliphatic rings. The van der Waals surface area contributed by atoms with Crippen molar-refractivity contribution < 1.29 is 8.78 Å². The van der Waals surface area contributed by atoms with E-state index >= 15 is 0 Å². The fourth-order valence-corrected chi connectivity index (χ4v) is 1.38. The highest BCUT2D eigenvalue weighted by molar-refractivity contribution is 5.85. The van der Waals surface area contributed by atoms with Crippen LogP contribution < -0.4 is 5.73 Å². The van der Waals surface area contributed by atoms with Crippen molar-refractivity contribution in [2.75, 3.05) is 0 Å². The van der Waals surface area contributed by atoms with Crippen LogP contribution in [0.3, 0.4) is 0 Å². The summed E-state index contributed by atoms with van der Waals surface area (Å²) in [6.45, 7) is 2.05. The van der Waals surface area contributed by atoms with Gasteiger partial charge in [-0.3, -0.25) is 0 Å². The van der Waals surface area contributed by atoms with Crippen LogP contribution >= 0.6 is 12.4 Å². The van der Waals surface area contributed by atoms with E-state index in [1.807, 2.05) is 0 Å². The summed E-state index contributed by atoms with van der Waals surface area (Å²) in [6, 6.07) is 3.18. The van der Waals surface area contributed by atoms with E-state index in [-0.39, 0.29) is 18.4 Å². The fourth-order valence-electron chi connectivity index (χ4n) is 1.38. The SMILES string of the molecule is CCCC[C@H](N)c1cc(F)cc(F)c1.Cl. The minimum absolute atomic E-state index is 0. The van der Waals surface area contributed by atoms with Gasteiger partial charge in [0.2, 0.25) is 0 Å². The zero-order chi connectivity index (χ0) is 10.6. The number of halogens is 3. The molecule has 1 aromatic rings. The Bertz CT molecular complexity index is 284. The summed E-state index contributed by atoms with van der Waals surface area (Å²) in [5.41, 5.74) is 6.32. The largest absolute Gasteiger partial charge is 0.324 e. The molecule has 0 fully saturated rings. The first-order chi connectivity index (χ1) is 6.63. The average Bonchev–Trinajstić information content (AvgIpc) is 2.12. The van der Waals surface area contributed by atoms with E-state index in [9.17, 15) is 8.78 Å². The smallest absolute Gasteiger partial charge is 0.126 e. The van der Waals surface area contributed by atoms with Crippen LogP contribution in [-0.4, -0.2) is 0 Å². The van der Waals surface area contributed by atoms with Crippen LogP contribution in [0.25, 0.3) is 0 Å². The Hall–Kier alpha value is -0.670. The summed E-state index contributed by atoms with van der Waals surface area (Å²) in [6.07, 6.45) is 2.77. The molecule has 1 rings (SSSR count). The molecule has 0 bridgehead atoms. The molecule has 0 radical (unpaired) electrons. The molecule has 0 unspecified atom stereocenters. The van der Waals surface area contributed by atoms with Gasteiger partial charge < -0.3 is 5.73 Å². The lowest BCUT2D eigenvalue weighted by atomic mass is 10.0. The lowest BCUT2D eigenvalue weighted by molar-refractivity contribution is 0.559. The molecular weight excluding hydrogens is 220 g/mol. The third-order valence-corrected chi connectivity index (χ3v) is 2.18. The van der Waals surface area contributed by atoms with Gasteiger partial charge in [-0.25, -0.2) is 8.78 Å². The molecule has 0 amide bonds. The van der Waals surface area contributed by atoms with E-state index in [0.717, 1.165) is 25.3 Å². The van der Waals surface area contributed by atoms with Crippen molar-refractivity contribution in [3.05, 3.63) is 35.4 Å². The van der Waals surface area contributed by atoms with E-state index < -0.39 is 11.6 Å². The number of unbranched alkanes of at least 4 members (excludes halogenated alkanes) is 1. The first kappa shape index (κ1) is 14.3. The minimum atomic E-state index is -0.563. The molecule has 86 valence electrons. The molecule has 0 saturated heterocycles. The molecule has 0 saturated carbocycles. The van der Waals surface area contributed by atoms with E-state index in [2.05, 4.69) is 6.92 Å². The van der Waals surface area contributed by atoms with Crippen LogP contribution in [-0.2, 0) is 0 Å². The average molecular weight is 236 g/mol. The van der Waals surface area contributed by atoms with Gasteiger partial charge in [0.05, 0.1) is 0 Å². The molecule has 2 N–H and O–H groups in total. The maximum atomic E-state index is 12.8. The zero-order valence-corrected chi connectivity index (χ0v) is 9.49. The van der Waals surface area contributed by atoms with Crippen LogP contribution in [0.15, 0.2) is 18.2 Å². The Labute approximate surface area is 95.1 Å². The Balaban J connectivity index is 0.00000196. The van der Waals surface area contributed by atoms with Gasteiger partial charge in [0.15, 0.2) is 0 Å². The van der Waals surface area contributed by atoms with Crippen molar-refractivity contribution in [2.24, 2.45) is 5.73 Å². The normalized spacial score (nSPS) is 12.0. The molecular formula is C11H16ClF2N. The van der Waals surface area contributed by atoms with Gasteiger partial charge >= 0.3 is 0 Å². The topological polar surface area (TPSA) is 26.0 Å². The molecule has 0 aliphatic heterocycles. The van der Waals surface area contributed by atoms with Crippen molar-refractivity contribution in [1.29, 1.82) is 0 Å². The number of hydrogen-bond acceptors (Lipinski definition) is 1. The highest BCUT2D eigenvalue weighted by Crippen LogP contribution is 2.18. The highest BCUT2D eigenvalue weighted by atomic mass is 35.5. The maximum Gasteiger partial charge on any atom is 0.126 e. The monoisotopic (exact) mass is 235 g/mol. The van der Waals surface area contributed by atoms with Crippen molar-refractivity contribution in [3.8, 4) is 0 Å². The maximum absolute atomic E-state index is 12.8. The minimum Gasteiger partial charge on any atom is -0.324 e. The summed E-state index contributed by atoms with van der Waals surface area (Å²) < 4.78 is 25.6. The second-order valence-corrected chi connectivity index (χ2v) is 3.45. The molecule has 0 spiro atoms. The second kappa shape index (κ2) is 6.75. The van der Waals surface area contributed by atoms with Gasteiger partial charge in [0, 0.05) is 12.1 Å². The summed E-state index contributed by atoms with van der Waals surface area (Å²) in [5, 5.41) is 0. The van der Waals surface area contributed by atoms with Gasteiger partial charge in [-0.15, -0.1) is 12.4 Å². The standard InChI is InChI=1S/C11H15F2N.ClH/c1-2-3-4-11(14)8-5-9(12)7-10(13)6-8;/h5-7,11H,2-4,14H2,1H3;1H/t11-;/m0./s1. The second-order valence-electron chi connectivity index (χ2n) is 3.45. The Kier molecular flexibility index (Phi) is 6.45. The highest BCUT2D eigenvalue weighted by Gasteiger charge is 2.08. The van der Waals surface area contributed by atoms with Crippen molar-refractivity contribution in [2.45, 2.75) is 32.2 Å². The molecule has 0 heterocycles. The summed E-state index contributed by atoms with van der Waals surface area (Å²) in [7, 11) is 0. The first-order valence-corrected chi connectivity index (χ1v) is 4.85. The summed E-state index contributed by atoms with van der Waals surface area (Å²) in [5.74, 6) is -1.13. The lowest BCUT2D eigenvalue weighted by Gasteiger charge is -2.11. The molecule has 0 aliphatic carbocycles. The van der Waals surface area contributed by atoms with Gasteiger partial charge in [0.25, 0.3) is 0 Å². The predicted octanol–water partition coefficient (Wildman–Crippen LogP) is 3.58. The summed E-state index contributed by atoms with van der Waals surface area (Å²) in [4.78, 5) is 0. The molecule has 1 nitrogen and oxygen atoms in total. The fraction of sp³-hybridized carbons (Fsp3) is 0.455. The van der Waals surface area contributed by atoms with Crippen LogP contribution in [0.4, 0.5) is 8.78 Å². The number of rotatable bonds is 4. The lowest BCUT2D eigenvalue weighted by Crippen LogP contribution is -2.10. The molecule has 4 heteroatoms. The van der Waals surface area contributed by atoms with E-state index in [1.165, 1.54) is 12.1 Å². The van der Waals surface area contributed by atoms with Gasteiger partial charge in [-0.2, -0.15) is 0 Å². The van der Waals surface area contributed by atoms with E-state index in [1.54, 1.807) is 0 Å². The van der Waals surface area contributed by atoms with Gasteiger partial charge in [-0.1, -0.05) is 19.8 Å². The van der Waals surface area contributed by atoms with Crippen LogP contribution in [0.2, 0.25) is 0 Å². The van der Waals surface area contributed by atoms with Crippen molar-refractivity contribution >= 4 is 12.4 Å². The predicted molar refractivity (Wildman–Crippen MR) is 60.1 cm³/mol. The van der Waals surface area contributed by atoms with Crippen molar-refractivity contribution in [1.82, 2.24) is 0 Å². The Morgan fingerprint density at radius 2 is 1.73 bits per heavy atom. The molecule has 0 aromatic heterocycles. The zero-order valence-electron chi connectivity index (χ0n) is 8.67. The number of benzene rings is 1. The van der Waals surface area contributed by atoms with Gasteiger partial charge in [-0.05, 0) is 24.1 Å². The third-order valence-electron chi connectivity index (χ3n) is 2.18. The third kappa shape index (κ3) is 4.58. The van der Waals surface area contributed by atoms with Crippen LogP contribution in [0, 0.1) is 11.6 Å². The Morgan fingerprint density at radius 3 is 2.20 bits per heavy atom. The molecule has 15 heavy (non-hydrogen) atoms. The van der Waals surface area contributed by atoms with Gasteiger partial charge in [0.1, 0.15) is 11.6 Å². The molecule has 1 aromatic carbocycles. The molecule has 1 atom stereocenters. The van der Waals surface area contributed by atoms with Crippen LogP contribution in [0.1, 0.15) is 37.8 Å². The Morgan fingerprint density at radius 1 is 1.20 bits per heavy atom. The first-order valence-electron chi connectivity index (χ1n) is 4.85. The quantitative estimate of drug-likeness (QED) is 0.848. The van der Waals surface area contributed by atoms with Crippen molar-refractivity contribution in [3.63, 3.8) is 0 Å². The van der Waals surface area contributed by atoms with Crippen LogP contribution in [0.5, 0.6) is 0 Å². The number of nitrogens with two attached hydrogens (primary N) is 1. The van der Waals surface area contributed by atoms with E-state index in [4.69, 9.17) is 5.73 Å². The van der Waals surface area contributed by atoms with E-state index in [0.29, 0.717) is 5.56 Å². The summed E-state index contributed by atoms with van der Waals surface area (Å²) >= 11 is 0. The number of hydrogen-bond donors (Lipinski definition) is 1.